The molecule has 21 heavy (non-hydrogen) atoms. The summed E-state index contributed by atoms with van der Waals surface area (Å²) < 4.78 is 26.2. The van der Waals surface area contributed by atoms with Crippen LogP contribution in [-0.4, -0.2) is 39.0 Å². The number of halogens is 2. The first-order valence-corrected chi connectivity index (χ1v) is 7.86. The molecule has 1 amide bonds. The summed E-state index contributed by atoms with van der Waals surface area (Å²) in [4.78, 5) is 21.6. The molecular formula is C11H12Cl2N2O5S. The normalized spacial score (nSPS) is 11.2. The van der Waals surface area contributed by atoms with E-state index in [1.807, 2.05) is 0 Å². The van der Waals surface area contributed by atoms with E-state index >= 15 is 0 Å². The molecule has 0 aliphatic heterocycles. The third-order valence-electron chi connectivity index (χ3n) is 2.48. The second-order valence-electron chi connectivity index (χ2n) is 3.86. The van der Waals surface area contributed by atoms with Crippen LogP contribution in [0.3, 0.4) is 0 Å². The number of nitrogens with one attached hydrogen (secondary N) is 2. The molecule has 0 spiro atoms. The van der Waals surface area contributed by atoms with Crippen molar-refractivity contribution in [3.05, 3.63) is 27.7 Å². The molecule has 0 bridgehead atoms. The molecule has 0 heterocycles. The fourth-order valence-corrected chi connectivity index (χ4v) is 3.39. The third-order valence-corrected chi connectivity index (χ3v) is 4.81. The number of sulfonamides is 1. The van der Waals surface area contributed by atoms with Crippen LogP contribution in [0.4, 0.5) is 0 Å². The number of carbonyl (C=O) groups is 2. The van der Waals surface area contributed by atoms with Crippen LogP contribution in [0, 0.1) is 0 Å². The molecule has 0 saturated carbocycles. The topological polar surface area (TPSA) is 113 Å². The van der Waals surface area contributed by atoms with E-state index in [2.05, 4.69) is 10.0 Å². The molecule has 0 unspecified atom stereocenters. The van der Waals surface area contributed by atoms with Crippen molar-refractivity contribution in [3.63, 3.8) is 0 Å². The van der Waals surface area contributed by atoms with Gasteiger partial charge in [0.15, 0.2) is 0 Å². The Balaban J connectivity index is 3.07. The fraction of sp³-hybridized carbons (Fsp3) is 0.273. The molecule has 0 radical (unpaired) electrons. The average molecular weight is 355 g/mol. The predicted octanol–water partition coefficient (Wildman–Crippen LogP) is 1.11. The summed E-state index contributed by atoms with van der Waals surface area (Å²) in [5.74, 6) is -1.78. The van der Waals surface area contributed by atoms with E-state index in [0.29, 0.717) is 0 Å². The second kappa shape index (κ2) is 7.08. The molecule has 0 fully saturated rings. The van der Waals surface area contributed by atoms with Crippen LogP contribution < -0.4 is 10.0 Å². The Morgan fingerprint density at radius 3 is 2.43 bits per heavy atom. The number of amides is 1. The summed E-state index contributed by atoms with van der Waals surface area (Å²) in [7, 11) is -2.63. The zero-order chi connectivity index (χ0) is 16.2. The summed E-state index contributed by atoms with van der Waals surface area (Å²) in [6.07, 6.45) is -0.0628. The quantitative estimate of drug-likeness (QED) is 0.708. The summed E-state index contributed by atoms with van der Waals surface area (Å²) in [6.45, 7) is -0.149. The zero-order valence-electron chi connectivity index (χ0n) is 10.8. The summed E-state index contributed by atoms with van der Waals surface area (Å²) in [6, 6.07) is 2.23. The molecule has 0 aromatic heterocycles. The maximum Gasteiger partial charge on any atom is 0.338 e. The molecule has 0 aliphatic carbocycles. The van der Waals surface area contributed by atoms with Crippen molar-refractivity contribution < 1.29 is 23.1 Å². The van der Waals surface area contributed by atoms with Gasteiger partial charge in [-0.1, -0.05) is 23.2 Å². The lowest BCUT2D eigenvalue weighted by molar-refractivity contribution is -0.120. The minimum Gasteiger partial charge on any atom is -0.478 e. The van der Waals surface area contributed by atoms with E-state index in [9.17, 15) is 18.0 Å². The van der Waals surface area contributed by atoms with Gasteiger partial charge >= 0.3 is 5.97 Å². The first-order chi connectivity index (χ1) is 9.70. The molecule has 0 aliphatic rings. The van der Waals surface area contributed by atoms with Gasteiger partial charge in [0.1, 0.15) is 4.90 Å². The Morgan fingerprint density at radius 2 is 1.90 bits per heavy atom. The van der Waals surface area contributed by atoms with Crippen molar-refractivity contribution in [1.29, 1.82) is 0 Å². The third kappa shape index (κ3) is 4.31. The summed E-state index contributed by atoms with van der Waals surface area (Å²) in [5.41, 5.74) is -0.493. The number of rotatable bonds is 6. The van der Waals surface area contributed by atoms with Gasteiger partial charge < -0.3 is 10.4 Å². The van der Waals surface area contributed by atoms with Crippen LogP contribution in [0.5, 0.6) is 0 Å². The summed E-state index contributed by atoms with van der Waals surface area (Å²) >= 11 is 11.5. The van der Waals surface area contributed by atoms with Gasteiger partial charge in [0.25, 0.3) is 0 Å². The van der Waals surface area contributed by atoms with E-state index in [1.165, 1.54) is 7.05 Å². The van der Waals surface area contributed by atoms with E-state index in [-0.39, 0.29) is 23.9 Å². The molecule has 1 aromatic carbocycles. The SMILES string of the molecule is CNC(=O)CCNS(=O)(=O)c1ccc(Cl)c(C(=O)O)c1Cl. The van der Waals surface area contributed by atoms with Gasteiger partial charge in [-0.25, -0.2) is 17.9 Å². The number of aromatic carboxylic acids is 1. The van der Waals surface area contributed by atoms with Crippen molar-refractivity contribution in [2.75, 3.05) is 13.6 Å². The molecule has 0 atom stereocenters. The van der Waals surface area contributed by atoms with Crippen molar-refractivity contribution >= 4 is 45.1 Å². The minimum absolute atomic E-state index is 0.0628. The molecule has 10 heteroatoms. The van der Waals surface area contributed by atoms with Gasteiger partial charge in [0, 0.05) is 20.0 Å². The Morgan fingerprint density at radius 1 is 1.29 bits per heavy atom. The highest BCUT2D eigenvalue weighted by atomic mass is 35.5. The maximum atomic E-state index is 12.0. The second-order valence-corrected chi connectivity index (χ2v) is 6.38. The highest BCUT2D eigenvalue weighted by Gasteiger charge is 2.24. The molecule has 1 aromatic rings. The van der Waals surface area contributed by atoms with Crippen molar-refractivity contribution in [2.24, 2.45) is 0 Å². The van der Waals surface area contributed by atoms with E-state index in [0.717, 1.165) is 12.1 Å². The predicted molar refractivity (Wildman–Crippen MR) is 77.3 cm³/mol. The maximum absolute atomic E-state index is 12.0. The largest absolute Gasteiger partial charge is 0.478 e. The van der Waals surface area contributed by atoms with E-state index in [1.54, 1.807) is 0 Å². The van der Waals surface area contributed by atoms with Crippen LogP contribution in [-0.2, 0) is 14.8 Å². The highest BCUT2D eigenvalue weighted by Crippen LogP contribution is 2.30. The minimum atomic E-state index is -4.05. The van der Waals surface area contributed by atoms with Crippen LogP contribution in [0.1, 0.15) is 16.8 Å². The van der Waals surface area contributed by atoms with Crippen LogP contribution in [0.2, 0.25) is 10.0 Å². The molecule has 7 nitrogen and oxygen atoms in total. The number of carboxylic acids is 1. The molecule has 116 valence electrons. The number of carboxylic acid groups (broad SMARTS) is 1. The lowest BCUT2D eigenvalue weighted by Crippen LogP contribution is -2.29. The Labute approximate surface area is 131 Å². The van der Waals surface area contributed by atoms with Gasteiger partial charge in [0.2, 0.25) is 15.9 Å². The molecule has 3 N–H and O–H groups in total. The first kappa shape index (κ1) is 17.7. The lowest BCUT2D eigenvalue weighted by Gasteiger charge is -2.10. The number of benzene rings is 1. The Bertz CT molecular complexity index is 675. The van der Waals surface area contributed by atoms with Crippen LogP contribution in [0.15, 0.2) is 17.0 Å². The van der Waals surface area contributed by atoms with Crippen molar-refractivity contribution in [3.8, 4) is 0 Å². The Kier molecular flexibility index (Phi) is 5.97. The smallest absolute Gasteiger partial charge is 0.338 e. The summed E-state index contributed by atoms with van der Waals surface area (Å²) in [5, 5.41) is 10.7. The van der Waals surface area contributed by atoms with E-state index < -0.39 is 31.5 Å². The molecular weight excluding hydrogens is 343 g/mol. The fourth-order valence-electron chi connectivity index (χ4n) is 1.44. The van der Waals surface area contributed by atoms with Gasteiger partial charge in [0.05, 0.1) is 15.6 Å². The lowest BCUT2D eigenvalue weighted by atomic mass is 10.2. The number of carbonyl (C=O) groups excluding carboxylic acids is 1. The van der Waals surface area contributed by atoms with E-state index in [4.69, 9.17) is 28.3 Å². The monoisotopic (exact) mass is 354 g/mol. The number of hydrogen-bond acceptors (Lipinski definition) is 4. The molecule has 1 rings (SSSR count). The van der Waals surface area contributed by atoms with Gasteiger partial charge in [-0.05, 0) is 12.1 Å². The van der Waals surface area contributed by atoms with Crippen LogP contribution in [0.25, 0.3) is 0 Å². The zero-order valence-corrected chi connectivity index (χ0v) is 13.1. The van der Waals surface area contributed by atoms with Crippen molar-refractivity contribution in [2.45, 2.75) is 11.3 Å². The first-order valence-electron chi connectivity index (χ1n) is 5.62. The standard InChI is InChI=1S/C11H12Cl2N2O5S/c1-14-8(16)4-5-15-21(19,20)7-3-2-6(12)9(10(7)13)11(17)18/h2-3,15H,4-5H2,1H3,(H,14,16)(H,17,18). The molecule has 0 saturated heterocycles. The van der Waals surface area contributed by atoms with Gasteiger partial charge in [-0.3, -0.25) is 4.79 Å². The van der Waals surface area contributed by atoms with Gasteiger partial charge in [-0.15, -0.1) is 0 Å². The van der Waals surface area contributed by atoms with Crippen LogP contribution >= 0.6 is 23.2 Å². The number of hydrogen-bond donors (Lipinski definition) is 3. The Hall–Kier alpha value is -1.35. The average Bonchev–Trinajstić information content (AvgIpc) is 2.37. The highest BCUT2D eigenvalue weighted by molar-refractivity contribution is 7.89. The van der Waals surface area contributed by atoms with Gasteiger partial charge in [-0.2, -0.15) is 0 Å². The van der Waals surface area contributed by atoms with Crippen molar-refractivity contribution in [1.82, 2.24) is 10.0 Å².